The first-order valence-corrected chi connectivity index (χ1v) is 12.1. The summed E-state index contributed by atoms with van der Waals surface area (Å²) in [5, 5.41) is 1.18. The summed E-state index contributed by atoms with van der Waals surface area (Å²) in [6.07, 6.45) is 1.59. The number of hydrogen-bond donors (Lipinski definition) is 0. The zero-order valence-electron chi connectivity index (χ0n) is 18.8. The molecule has 3 heterocycles. The SMILES string of the molecule is Cc1ccc(C)c(-n2c(SCC(=O)N(C)Cc3ccco3)nc3sc(C)c(C)c3c2=O)c1. The largest absolute Gasteiger partial charge is 0.467 e. The van der Waals surface area contributed by atoms with Gasteiger partial charge in [-0.2, -0.15) is 0 Å². The molecule has 1 aromatic carbocycles. The first kappa shape index (κ1) is 22.4. The van der Waals surface area contributed by atoms with E-state index >= 15 is 0 Å². The standard InChI is InChI=1S/C24H25N3O3S2/c1-14-8-9-15(2)19(11-14)27-23(29)21-16(3)17(4)32-22(21)25-24(27)31-13-20(28)26(5)12-18-7-6-10-30-18/h6-11H,12-13H2,1-5H3. The second kappa shape index (κ2) is 8.96. The molecular formula is C24H25N3O3S2. The number of fused-ring (bicyclic) bond motifs is 1. The topological polar surface area (TPSA) is 68.3 Å². The van der Waals surface area contributed by atoms with Crippen molar-refractivity contribution in [2.45, 2.75) is 39.4 Å². The third-order valence-corrected chi connectivity index (χ3v) is 7.53. The van der Waals surface area contributed by atoms with Crippen molar-refractivity contribution >= 4 is 39.2 Å². The van der Waals surface area contributed by atoms with Crippen LogP contribution >= 0.6 is 23.1 Å². The summed E-state index contributed by atoms with van der Waals surface area (Å²) in [5.41, 5.74) is 3.70. The van der Waals surface area contributed by atoms with Crippen LogP contribution in [-0.4, -0.2) is 33.2 Å². The van der Waals surface area contributed by atoms with Gasteiger partial charge in [0.05, 0.1) is 29.6 Å². The Morgan fingerprint density at radius 3 is 2.72 bits per heavy atom. The van der Waals surface area contributed by atoms with E-state index in [2.05, 4.69) is 0 Å². The van der Waals surface area contributed by atoms with Crippen LogP contribution in [0.1, 0.15) is 27.3 Å². The Balaban J connectivity index is 1.73. The predicted octanol–water partition coefficient (Wildman–Crippen LogP) is 5.02. The Morgan fingerprint density at radius 2 is 2.00 bits per heavy atom. The monoisotopic (exact) mass is 467 g/mol. The molecular weight excluding hydrogens is 442 g/mol. The second-order valence-electron chi connectivity index (χ2n) is 7.91. The van der Waals surface area contributed by atoms with Gasteiger partial charge in [-0.05, 0) is 62.6 Å². The number of nitrogens with zero attached hydrogens (tertiary/aromatic N) is 3. The number of rotatable bonds is 6. The molecule has 0 fully saturated rings. The van der Waals surface area contributed by atoms with E-state index < -0.39 is 0 Å². The number of aryl methyl sites for hydroxylation is 4. The van der Waals surface area contributed by atoms with Gasteiger partial charge in [-0.1, -0.05) is 23.9 Å². The van der Waals surface area contributed by atoms with Crippen LogP contribution in [-0.2, 0) is 11.3 Å². The van der Waals surface area contributed by atoms with Crippen LogP contribution in [0.3, 0.4) is 0 Å². The fraction of sp³-hybridized carbons (Fsp3) is 0.292. The summed E-state index contributed by atoms with van der Waals surface area (Å²) in [7, 11) is 1.74. The number of carbonyl (C=O) groups is 1. The van der Waals surface area contributed by atoms with Gasteiger partial charge in [-0.3, -0.25) is 14.2 Å². The number of furan rings is 1. The highest BCUT2D eigenvalue weighted by Gasteiger charge is 2.20. The Kier molecular flexibility index (Phi) is 6.26. The van der Waals surface area contributed by atoms with Gasteiger partial charge in [0.15, 0.2) is 5.16 Å². The van der Waals surface area contributed by atoms with E-state index in [1.54, 1.807) is 28.8 Å². The average molecular weight is 468 g/mol. The van der Waals surface area contributed by atoms with E-state index in [-0.39, 0.29) is 17.2 Å². The van der Waals surface area contributed by atoms with Crippen LogP contribution in [0.5, 0.6) is 0 Å². The molecule has 6 nitrogen and oxygen atoms in total. The highest BCUT2D eigenvalue weighted by atomic mass is 32.2. The van der Waals surface area contributed by atoms with E-state index in [1.807, 2.05) is 52.0 Å². The molecule has 0 atom stereocenters. The molecule has 1 amide bonds. The molecule has 8 heteroatoms. The molecule has 0 aliphatic heterocycles. The highest BCUT2D eigenvalue weighted by molar-refractivity contribution is 7.99. The molecule has 3 aromatic heterocycles. The minimum atomic E-state index is -0.0931. The van der Waals surface area contributed by atoms with Crippen LogP contribution < -0.4 is 5.56 Å². The number of thioether (sulfide) groups is 1. The number of aromatic nitrogens is 2. The van der Waals surface area contributed by atoms with Gasteiger partial charge in [0.1, 0.15) is 10.6 Å². The summed E-state index contributed by atoms with van der Waals surface area (Å²) in [6, 6.07) is 9.66. The fourth-order valence-corrected chi connectivity index (χ4v) is 5.52. The lowest BCUT2D eigenvalue weighted by Crippen LogP contribution is -2.28. The number of carbonyl (C=O) groups excluding carboxylic acids is 1. The lowest BCUT2D eigenvalue weighted by molar-refractivity contribution is -0.127. The summed E-state index contributed by atoms with van der Waals surface area (Å²) < 4.78 is 7.00. The quantitative estimate of drug-likeness (QED) is 0.294. The average Bonchev–Trinajstić information content (AvgIpc) is 3.36. The molecule has 0 unspecified atom stereocenters. The summed E-state index contributed by atoms with van der Waals surface area (Å²) in [4.78, 5) is 34.6. The number of thiophene rings is 1. The molecule has 0 saturated heterocycles. The molecule has 32 heavy (non-hydrogen) atoms. The van der Waals surface area contributed by atoms with Gasteiger partial charge in [-0.15, -0.1) is 11.3 Å². The molecule has 166 valence electrons. The van der Waals surface area contributed by atoms with Gasteiger partial charge < -0.3 is 9.32 Å². The molecule has 0 spiro atoms. The molecule has 0 bridgehead atoms. The smallest absolute Gasteiger partial charge is 0.267 e. The Labute approximate surface area is 194 Å². The molecule has 0 aliphatic rings. The van der Waals surface area contributed by atoms with Gasteiger partial charge in [0.2, 0.25) is 5.91 Å². The second-order valence-corrected chi connectivity index (χ2v) is 10.1. The normalized spacial score (nSPS) is 11.3. The lowest BCUT2D eigenvalue weighted by Gasteiger charge is -2.17. The van der Waals surface area contributed by atoms with Crippen molar-refractivity contribution < 1.29 is 9.21 Å². The Bertz CT molecular complexity index is 1350. The van der Waals surface area contributed by atoms with Crippen molar-refractivity contribution in [3.05, 3.63) is 74.3 Å². The number of benzene rings is 1. The maximum atomic E-state index is 13.6. The van der Waals surface area contributed by atoms with Crippen molar-refractivity contribution in [1.29, 1.82) is 0 Å². The number of hydrogen-bond acceptors (Lipinski definition) is 6. The number of amides is 1. The zero-order chi connectivity index (χ0) is 23.0. The molecule has 0 saturated carbocycles. The molecule has 4 rings (SSSR count). The fourth-order valence-electron chi connectivity index (χ4n) is 3.51. The van der Waals surface area contributed by atoms with Gasteiger partial charge in [0.25, 0.3) is 5.56 Å². The third kappa shape index (κ3) is 4.25. The maximum Gasteiger partial charge on any atom is 0.267 e. The van der Waals surface area contributed by atoms with Crippen LogP contribution in [0, 0.1) is 27.7 Å². The Morgan fingerprint density at radius 1 is 1.22 bits per heavy atom. The molecule has 0 N–H and O–H groups in total. The van der Waals surface area contributed by atoms with Crippen molar-refractivity contribution in [2.24, 2.45) is 0 Å². The van der Waals surface area contributed by atoms with E-state index in [0.29, 0.717) is 21.9 Å². The third-order valence-electron chi connectivity index (χ3n) is 5.50. The van der Waals surface area contributed by atoms with Gasteiger partial charge >= 0.3 is 0 Å². The van der Waals surface area contributed by atoms with E-state index in [0.717, 1.165) is 33.0 Å². The summed E-state index contributed by atoms with van der Waals surface area (Å²) in [6.45, 7) is 8.34. The van der Waals surface area contributed by atoms with Crippen molar-refractivity contribution in [3.8, 4) is 5.69 Å². The van der Waals surface area contributed by atoms with E-state index in [4.69, 9.17) is 9.40 Å². The van der Waals surface area contributed by atoms with Crippen LogP contribution in [0.4, 0.5) is 0 Å². The van der Waals surface area contributed by atoms with Crippen LogP contribution in [0.15, 0.2) is 51.0 Å². The molecule has 4 aromatic rings. The van der Waals surface area contributed by atoms with E-state index in [9.17, 15) is 9.59 Å². The summed E-state index contributed by atoms with van der Waals surface area (Å²) >= 11 is 2.80. The Hall–Kier alpha value is -2.84. The minimum absolute atomic E-state index is 0.0631. The lowest BCUT2D eigenvalue weighted by atomic mass is 10.1. The molecule has 0 radical (unpaired) electrons. The molecule has 0 aliphatic carbocycles. The highest BCUT2D eigenvalue weighted by Crippen LogP contribution is 2.30. The first-order chi connectivity index (χ1) is 15.3. The predicted molar refractivity (Wildman–Crippen MR) is 130 cm³/mol. The van der Waals surface area contributed by atoms with Crippen LogP contribution in [0.25, 0.3) is 15.9 Å². The van der Waals surface area contributed by atoms with Crippen LogP contribution in [0.2, 0.25) is 0 Å². The summed E-state index contributed by atoms with van der Waals surface area (Å²) in [5.74, 6) is 0.831. The first-order valence-electron chi connectivity index (χ1n) is 10.3. The van der Waals surface area contributed by atoms with Crippen molar-refractivity contribution in [3.63, 3.8) is 0 Å². The maximum absolute atomic E-state index is 13.6. The van der Waals surface area contributed by atoms with E-state index in [1.165, 1.54) is 23.1 Å². The zero-order valence-corrected chi connectivity index (χ0v) is 20.4. The minimum Gasteiger partial charge on any atom is -0.467 e. The van der Waals surface area contributed by atoms with Gasteiger partial charge in [0, 0.05) is 11.9 Å². The van der Waals surface area contributed by atoms with Crippen molar-refractivity contribution in [1.82, 2.24) is 14.5 Å². The van der Waals surface area contributed by atoms with Crippen molar-refractivity contribution in [2.75, 3.05) is 12.8 Å². The van der Waals surface area contributed by atoms with Gasteiger partial charge in [-0.25, -0.2) is 4.98 Å².